The van der Waals surface area contributed by atoms with Crippen LogP contribution in [0, 0.1) is 5.92 Å². The number of carbonyl (C=O) groups is 2. The van der Waals surface area contributed by atoms with E-state index >= 15 is 0 Å². The highest BCUT2D eigenvalue weighted by molar-refractivity contribution is 5.86. The van der Waals surface area contributed by atoms with E-state index in [1.165, 1.54) is 0 Å². The molecule has 4 nitrogen and oxygen atoms in total. The largest absolute Gasteiger partial charge is 0.481 e. The number of piperidine rings is 1. The molecular formula is C10H17NO3. The fourth-order valence-corrected chi connectivity index (χ4v) is 2.01. The number of rotatable bonds is 2. The molecule has 1 heterocycles. The minimum Gasteiger partial charge on any atom is -0.481 e. The van der Waals surface area contributed by atoms with Crippen molar-refractivity contribution in [3.05, 3.63) is 0 Å². The van der Waals surface area contributed by atoms with E-state index in [-0.39, 0.29) is 30.2 Å². The molecule has 4 heteroatoms. The number of Topliss-reactive ketones (excluding diaryl/α,β-unsaturated/α-hetero) is 1. The molecule has 0 radical (unpaired) electrons. The van der Waals surface area contributed by atoms with Crippen molar-refractivity contribution in [1.82, 2.24) is 4.90 Å². The number of carboxylic acid groups (broad SMARTS) is 1. The van der Waals surface area contributed by atoms with E-state index in [1.54, 1.807) is 0 Å². The number of ketones is 1. The minimum atomic E-state index is -0.891. The summed E-state index contributed by atoms with van der Waals surface area (Å²) in [5.41, 5.74) is 0. The van der Waals surface area contributed by atoms with Gasteiger partial charge in [-0.15, -0.1) is 0 Å². The Bertz CT molecular complexity index is 252. The van der Waals surface area contributed by atoms with Crippen LogP contribution in [0.4, 0.5) is 0 Å². The predicted octanol–water partition coefficient (Wildman–Crippen LogP) is 0.759. The van der Waals surface area contributed by atoms with Crippen LogP contribution in [0.1, 0.15) is 26.7 Å². The Balaban J connectivity index is 2.74. The second kappa shape index (κ2) is 4.09. The Hall–Kier alpha value is -0.900. The van der Waals surface area contributed by atoms with Gasteiger partial charge < -0.3 is 5.11 Å². The molecule has 0 amide bonds. The second-order valence-corrected chi connectivity index (χ2v) is 4.13. The first-order valence-corrected chi connectivity index (χ1v) is 4.90. The zero-order chi connectivity index (χ0) is 10.9. The molecule has 3 unspecified atom stereocenters. The topological polar surface area (TPSA) is 57.6 Å². The standard InChI is InChI=1S/C10H17NO3/c1-6-4-9(12)8(5-10(13)14)7(2)11(6)3/h6-8H,4-5H2,1-3H3,(H,13,14). The zero-order valence-electron chi connectivity index (χ0n) is 8.86. The molecule has 0 aromatic heterocycles. The van der Waals surface area contributed by atoms with Gasteiger partial charge in [0.25, 0.3) is 0 Å². The zero-order valence-corrected chi connectivity index (χ0v) is 8.86. The van der Waals surface area contributed by atoms with E-state index in [4.69, 9.17) is 5.11 Å². The number of carboxylic acids is 1. The van der Waals surface area contributed by atoms with Gasteiger partial charge in [0.05, 0.1) is 6.42 Å². The van der Waals surface area contributed by atoms with E-state index in [9.17, 15) is 9.59 Å². The van der Waals surface area contributed by atoms with E-state index in [0.717, 1.165) is 0 Å². The maximum atomic E-state index is 11.6. The third kappa shape index (κ3) is 2.12. The summed E-state index contributed by atoms with van der Waals surface area (Å²) < 4.78 is 0. The van der Waals surface area contributed by atoms with Crippen LogP contribution in [0.25, 0.3) is 0 Å². The Labute approximate surface area is 83.9 Å². The third-order valence-electron chi connectivity index (χ3n) is 3.22. The molecular weight excluding hydrogens is 182 g/mol. The van der Waals surface area contributed by atoms with Crippen LogP contribution in [0.15, 0.2) is 0 Å². The minimum absolute atomic E-state index is 0.0300. The molecule has 80 valence electrons. The van der Waals surface area contributed by atoms with E-state index in [1.807, 2.05) is 20.9 Å². The van der Waals surface area contributed by atoms with Crippen molar-refractivity contribution < 1.29 is 14.7 Å². The second-order valence-electron chi connectivity index (χ2n) is 4.13. The fraction of sp³-hybridized carbons (Fsp3) is 0.800. The van der Waals surface area contributed by atoms with E-state index < -0.39 is 5.97 Å². The van der Waals surface area contributed by atoms with Crippen molar-refractivity contribution >= 4 is 11.8 Å². The maximum absolute atomic E-state index is 11.6. The molecule has 0 saturated carbocycles. The highest BCUT2D eigenvalue weighted by Gasteiger charge is 2.37. The lowest BCUT2D eigenvalue weighted by molar-refractivity contribution is -0.144. The lowest BCUT2D eigenvalue weighted by atomic mass is 9.84. The SMILES string of the molecule is CC1CC(=O)C(CC(=O)O)C(C)N1C. The Morgan fingerprint density at radius 1 is 1.57 bits per heavy atom. The van der Waals surface area contributed by atoms with E-state index in [2.05, 4.69) is 4.90 Å². The highest BCUT2D eigenvalue weighted by Crippen LogP contribution is 2.25. The van der Waals surface area contributed by atoms with Crippen molar-refractivity contribution in [3.63, 3.8) is 0 Å². The average molecular weight is 199 g/mol. The van der Waals surface area contributed by atoms with Gasteiger partial charge in [0, 0.05) is 24.4 Å². The molecule has 1 saturated heterocycles. The maximum Gasteiger partial charge on any atom is 0.304 e. The van der Waals surface area contributed by atoms with Gasteiger partial charge in [0.2, 0.25) is 0 Å². The van der Waals surface area contributed by atoms with Gasteiger partial charge in [-0.05, 0) is 20.9 Å². The predicted molar refractivity (Wildman–Crippen MR) is 52.1 cm³/mol. The monoisotopic (exact) mass is 199 g/mol. The third-order valence-corrected chi connectivity index (χ3v) is 3.22. The van der Waals surface area contributed by atoms with Crippen molar-refractivity contribution in [3.8, 4) is 0 Å². The number of carbonyl (C=O) groups excluding carboxylic acids is 1. The first-order valence-electron chi connectivity index (χ1n) is 4.90. The van der Waals surface area contributed by atoms with Gasteiger partial charge in [-0.2, -0.15) is 0 Å². The van der Waals surface area contributed by atoms with Crippen LogP contribution in [0.2, 0.25) is 0 Å². The molecule has 0 spiro atoms. The molecule has 1 N–H and O–H groups in total. The molecule has 3 atom stereocenters. The number of hydrogen-bond donors (Lipinski definition) is 1. The van der Waals surface area contributed by atoms with E-state index in [0.29, 0.717) is 6.42 Å². The molecule has 0 aromatic rings. The van der Waals surface area contributed by atoms with Crippen molar-refractivity contribution in [2.45, 2.75) is 38.8 Å². The van der Waals surface area contributed by atoms with Gasteiger partial charge >= 0.3 is 5.97 Å². The first kappa shape index (κ1) is 11.2. The molecule has 14 heavy (non-hydrogen) atoms. The molecule has 1 fully saturated rings. The summed E-state index contributed by atoms with van der Waals surface area (Å²) in [6.07, 6.45) is 0.426. The highest BCUT2D eigenvalue weighted by atomic mass is 16.4. The summed E-state index contributed by atoms with van der Waals surface area (Å²) in [5.74, 6) is -1.14. The molecule has 0 aromatic carbocycles. The van der Waals surface area contributed by atoms with Crippen LogP contribution < -0.4 is 0 Å². The number of aliphatic carboxylic acids is 1. The van der Waals surface area contributed by atoms with Crippen LogP contribution >= 0.6 is 0 Å². The summed E-state index contributed by atoms with van der Waals surface area (Å²) in [6.45, 7) is 3.91. The van der Waals surface area contributed by atoms with Crippen LogP contribution in [0.3, 0.4) is 0 Å². The molecule has 1 rings (SSSR count). The van der Waals surface area contributed by atoms with Crippen molar-refractivity contribution in [2.24, 2.45) is 5.92 Å². The fourth-order valence-electron chi connectivity index (χ4n) is 2.01. The van der Waals surface area contributed by atoms with Gasteiger partial charge in [0.1, 0.15) is 5.78 Å². The van der Waals surface area contributed by atoms with Crippen LogP contribution in [-0.2, 0) is 9.59 Å². The normalized spacial score (nSPS) is 34.5. The molecule has 1 aliphatic heterocycles. The van der Waals surface area contributed by atoms with Gasteiger partial charge in [-0.3, -0.25) is 14.5 Å². The number of nitrogens with zero attached hydrogens (tertiary/aromatic N) is 1. The number of hydrogen-bond acceptors (Lipinski definition) is 3. The van der Waals surface area contributed by atoms with Crippen molar-refractivity contribution in [1.29, 1.82) is 0 Å². The Morgan fingerprint density at radius 3 is 2.64 bits per heavy atom. The lowest BCUT2D eigenvalue weighted by Crippen LogP contribution is -2.50. The van der Waals surface area contributed by atoms with Gasteiger partial charge in [0.15, 0.2) is 0 Å². The molecule has 0 aliphatic carbocycles. The molecule has 0 bridgehead atoms. The first-order chi connectivity index (χ1) is 6.43. The Morgan fingerprint density at radius 2 is 2.14 bits per heavy atom. The van der Waals surface area contributed by atoms with Crippen LogP contribution in [-0.4, -0.2) is 40.9 Å². The number of likely N-dealkylation sites (tertiary alicyclic amines) is 1. The summed E-state index contributed by atoms with van der Waals surface area (Å²) >= 11 is 0. The summed E-state index contributed by atoms with van der Waals surface area (Å²) in [4.78, 5) is 24.3. The summed E-state index contributed by atoms with van der Waals surface area (Å²) in [7, 11) is 1.94. The average Bonchev–Trinajstić information content (AvgIpc) is 2.09. The van der Waals surface area contributed by atoms with Crippen LogP contribution in [0.5, 0.6) is 0 Å². The Kier molecular flexibility index (Phi) is 3.26. The molecule has 1 aliphatic rings. The van der Waals surface area contributed by atoms with Gasteiger partial charge in [-0.1, -0.05) is 0 Å². The summed E-state index contributed by atoms with van der Waals surface area (Å²) in [5, 5.41) is 8.68. The summed E-state index contributed by atoms with van der Waals surface area (Å²) in [6, 6.07) is 0.255. The van der Waals surface area contributed by atoms with Gasteiger partial charge in [-0.25, -0.2) is 0 Å². The van der Waals surface area contributed by atoms with Crippen molar-refractivity contribution in [2.75, 3.05) is 7.05 Å². The quantitative estimate of drug-likeness (QED) is 0.713. The smallest absolute Gasteiger partial charge is 0.304 e. The lowest BCUT2D eigenvalue weighted by Gasteiger charge is -2.39.